The molecule has 0 radical (unpaired) electrons. The first-order chi connectivity index (χ1) is 17.2. The third-order valence-electron chi connectivity index (χ3n) is 5.20. The molecule has 3 heterocycles. The van der Waals surface area contributed by atoms with Crippen LogP contribution in [-0.2, 0) is 0 Å². The highest BCUT2D eigenvalue weighted by Crippen LogP contribution is 2.33. The summed E-state index contributed by atoms with van der Waals surface area (Å²) in [7, 11) is 0. The molecule has 3 N–H and O–H groups in total. The molecule has 3 aromatic heterocycles. The van der Waals surface area contributed by atoms with Crippen molar-refractivity contribution in [3.8, 4) is 22.0 Å². The summed E-state index contributed by atoms with van der Waals surface area (Å²) in [6, 6.07) is 22.4. The van der Waals surface area contributed by atoms with E-state index in [1.54, 1.807) is 12.3 Å². The van der Waals surface area contributed by atoms with E-state index in [1.807, 2.05) is 66.7 Å². The summed E-state index contributed by atoms with van der Waals surface area (Å²) in [5.74, 6) is 0.597. The second kappa shape index (κ2) is 10.4. The van der Waals surface area contributed by atoms with Gasteiger partial charge in [0.1, 0.15) is 26.9 Å². The lowest BCUT2D eigenvalue weighted by atomic mass is 10.1. The minimum atomic E-state index is -0.360. The summed E-state index contributed by atoms with van der Waals surface area (Å²) in [5.41, 5.74) is 3.28. The summed E-state index contributed by atoms with van der Waals surface area (Å²) in [4.78, 5) is 32.3. The fourth-order valence-electron chi connectivity index (χ4n) is 3.52. The number of amides is 1. The maximum absolute atomic E-state index is 13.3. The number of aliphatic hydroxyl groups is 1. The van der Waals surface area contributed by atoms with Crippen molar-refractivity contribution in [2.45, 2.75) is 6.42 Å². The largest absolute Gasteiger partial charge is 0.396 e. The number of thiazole rings is 1. The molecule has 0 aliphatic rings. The molecule has 0 bridgehead atoms. The number of nitrogens with one attached hydrogen (secondary N) is 2. The van der Waals surface area contributed by atoms with Crippen LogP contribution in [0.4, 0.5) is 11.5 Å². The molecule has 5 aromatic rings. The SMILES string of the molecule is O=C(Nc1ccccc1-c1nc2cccnc2s1)c1cc(NCCCO)nc(-c2ccccc2)n1. The van der Waals surface area contributed by atoms with Crippen LogP contribution in [0, 0.1) is 0 Å². The molecule has 0 unspecified atom stereocenters. The molecule has 5 rings (SSSR count). The van der Waals surface area contributed by atoms with Crippen molar-refractivity contribution in [2.24, 2.45) is 0 Å². The molecule has 0 saturated heterocycles. The van der Waals surface area contributed by atoms with E-state index in [0.29, 0.717) is 30.3 Å². The summed E-state index contributed by atoms with van der Waals surface area (Å²) in [5, 5.41) is 16.0. The summed E-state index contributed by atoms with van der Waals surface area (Å²) in [6.45, 7) is 0.590. The van der Waals surface area contributed by atoms with Gasteiger partial charge in [0.25, 0.3) is 5.91 Å². The number of benzene rings is 2. The molecule has 0 aliphatic carbocycles. The number of hydrogen-bond donors (Lipinski definition) is 3. The van der Waals surface area contributed by atoms with Gasteiger partial charge < -0.3 is 15.7 Å². The van der Waals surface area contributed by atoms with Crippen molar-refractivity contribution in [2.75, 3.05) is 23.8 Å². The van der Waals surface area contributed by atoms with Gasteiger partial charge in [0.05, 0.1) is 5.69 Å². The topological polar surface area (TPSA) is 113 Å². The lowest BCUT2D eigenvalue weighted by Crippen LogP contribution is -2.16. The molecular weight excluding hydrogens is 460 g/mol. The Balaban J connectivity index is 1.47. The lowest BCUT2D eigenvalue weighted by Gasteiger charge is -2.12. The van der Waals surface area contributed by atoms with Crippen molar-refractivity contribution < 1.29 is 9.90 Å². The van der Waals surface area contributed by atoms with E-state index >= 15 is 0 Å². The van der Waals surface area contributed by atoms with Gasteiger partial charge in [-0.2, -0.15) is 0 Å². The zero-order valence-electron chi connectivity index (χ0n) is 18.7. The highest BCUT2D eigenvalue weighted by molar-refractivity contribution is 7.21. The molecule has 9 heteroatoms. The van der Waals surface area contributed by atoms with Crippen molar-refractivity contribution in [3.63, 3.8) is 0 Å². The molecule has 35 heavy (non-hydrogen) atoms. The van der Waals surface area contributed by atoms with Crippen LogP contribution < -0.4 is 10.6 Å². The Morgan fingerprint density at radius 1 is 0.943 bits per heavy atom. The Morgan fingerprint density at radius 2 is 1.77 bits per heavy atom. The first-order valence-electron chi connectivity index (χ1n) is 11.1. The van der Waals surface area contributed by atoms with Crippen LogP contribution in [0.1, 0.15) is 16.9 Å². The van der Waals surface area contributed by atoms with Crippen LogP contribution in [0.15, 0.2) is 79.0 Å². The Labute approximate surface area is 205 Å². The van der Waals surface area contributed by atoms with Gasteiger partial charge in [-0.25, -0.2) is 19.9 Å². The lowest BCUT2D eigenvalue weighted by molar-refractivity contribution is 0.102. The van der Waals surface area contributed by atoms with Crippen LogP contribution in [-0.4, -0.2) is 44.1 Å². The van der Waals surface area contributed by atoms with E-state index in [2.05, 4.69) is 30.6 Å². The number of fused-ring (bicyclic) bond motifs is 1. The van der Waals surface area contributed by atoms with Crippen molar-refractivity contribution >= 4 is 39.1 Å². The van der Waals surface area contributed by atoms with Crippen LogP contribution >= 0.6 is 11.3 Å². The van der Waals surface area contributed by atoms with Gasteiger partial charge >= 0.3 is 0 Å². The van der Waals surface area contributed by atoms with Crippen LogP contribution in [0.5, 0.6) is 0 Å². The fourth-order valence-corrected chi connectivity index (χ4v) is 4.46. The van der Waals surface area contributed by atoms with Gasteiger partial charge in [0.15, 0.2) is 5.82 Å². The summed E-state index contributed by atoms with van der Waals surface area (Å²) in [6.07, 6.45) is 2.31. The van der Waals surface area contributed by atoms with Gasteiger partial charge in [0, 0.05) is 36.5 Å². The Hall–Kier alpha value is -4.21. The van der Waals surface area contributed by atoms with Crippen molar-refractivity contribution in [1.29, 1.82) is 0 Å². The van der Waals surface area contributed by atoms with Crippen LogP contribution in [0.2, 0.25) is 0 Å². The van der Waals surface area contributed by atoms with E-state index in [-0.39, 0.29) is 18.2 Å². The number of para-hydroxylation sites is 1. The van der Waals surface area contributed by atoms with Gasteiger partial charge in [0.2, 0.25) is 0 Å². The number of carbonyl (C=O) groups excluding carboxylic acids is 1. The fraction of sp³-hybridized carbons (Fsp3) is 0.115. The predicted octanol–water partition coefficient (Wildman–Crippen LogP) is 4.86. The predicted molar refractivity (Wildman–Crippen MR) is 138 cm³/mol. The zero-order valence-corrected chi connectivity index (χ0v) is 19.5. The summed E-state index contributed by atoms with van der Waals surface area (Å²) < 4.78 is 0. The molecular formula is C26H22N6O2S. The van der Waals surface area contributed by atoms with Gasteiger partial charge in [-0.3, -0.25) is 4.79 Å². The minimum absolute atomic E-state index is 0.0645. The molecule has 0 aliphatic heterocycles. The number of aliphatic hydroxyl groups excluding tert-OH is 1. The van der Waals surface area contributed by atoms with Crippen LogP contribution in [0.3, 0.4) is 0 Å². The van der Waals surface area contributed by atoms with Crippen molar-refractivity contribution in [1.82, 2.24) is 19.9 Å². The maximum atomic E-state index is 13.3. The summed E-state index contributed by atoms with van der Waals surface area (Å²) >= 11 is 1.47. The molecule has 1 amide bonds. The molecule has 0 fully saturated rings. The second-order valence-electron chi connectivity index (χ2n) is 7.68. The van der Waals surface area contributed by atoms with Gasteiger partial charge in [-0.1, -0.05) is 53.8 Å². The Kier molecular flexibility index (Phi) is 6.69. The van der Waals surface area contributed by atoms with Gasteiger partial charge in [-0.15, -0.1) is 0 Å². The number of rotatable bonds is 8. The number of hydrogen-bond acceptors (Lipinski definition) is 8. The van der Waals surface area contributed by atoms with E-state index in [0.717, 1.165) is 26.5 Å². The standard InChI is InChI=1S/C26H22N6O2S/c33-15-7-14-27-22-16-21(29-23(32-22)17-8-2-1-3-9-17)24(34)30-19-11-5-4-10-18(19)25-31-20-12-6-13-28-26(20)35-25/h1-6,8-13,16,33H,7,14-15H2,(H,30,34)(H,27,29,32). The van der Waals surface area contributed by atoms with Crippen molar-refractivity contribution in [3.05, 3.63) is 84.7 Å². The van der Waals surface area contributed by atoms with E-state index in [4.69, 9.17) is 5.11 Å². The van der Waals surface area contributed by atoms with E-state index in [1.165, 1.54) is 11.3 Å². The Bertz CT molecular complexity index is 1440. The average molecular weight is 483 g/mol. The molecule has 2 aromatic carbocycles. The third-order valence-corrected chi connectivity index (χ3v) is 6.22. The van der Waals surface area contributed by atoms with E-state index in [9.17, 15) is 4.79 Å². The highest BCUT2D eigenvalue weighted by atomic mass is 32.1. The number of carbonyl (C=O) groups is 1. The third kappa shape index (κ3) is 5.16. The first-order valence-corrected chi connectivity index (χ1v) is 11.9. The normalized spacial score (nSPS) is 10.9. The number of anilines is 2. The number of pyridine rings is 1. The van der Waals surface area contributed by atoms with Crippen LogP contribution in [0.25, 0.3) is 32.3 Å². The van der Waals surface area contributed by atoms with Gasteiger partial charge in [-0.05, 0) is 30.7 Å². The average Bonchev–Trinajstić information content (AvgIpc) is 3.34. The minimum Gasteiger partial charge on any atom is -0.396 e. The molecule has 0 saturated carbocycles. The zero-order chi connectivity index (χ0) is 24.0. The number of nitrogens with zero attached hydrogens (tertiary/aromatic N) is 4. The monoisotopic (exact) mass is 482 g/mol. The van der Waals surface area contributed by atoms with E-state index < -0.39 is 0 Å². The Morgan fingerprint density at radius 3 is 2.60 bits per heavy atom. The quantitative estimate of drug-likeness (QED) is 0.271. The molecule has 174 valence electrons. The molecule has 0 spiro atoms. The maximum Gasteiger partial charge on any atom is 0.274 e. The molecule has 8 nitrogen and oxygen atoms in total. The smallest absolute Gasteiger partial charge is 0.274 e. The molecule has 0 atom stereocenters. The second-order valence-corrected chi connectivity index (χ2v) is 8.66. The number of aromatic nitrogens is 4. The highest BCUT2D eigenvalue weighted by Gasteiger charge is 2.17. The first kappa shape index (κ1) is 22.6.